The maximum absolute atomic E-state index is 12.5. The summed E-state index contributed by atoms with van der Waals surface area (Å²) in [4.78, 5) is 36.7. The quantitative estimate of drug-likeness (QED) is 0.402. The molecule has 1 aliphatic heterocycles. The lowest BCUT2D eigenvalue weighted by Crippen LogP contribution is -2.27. The van der Waals surface area contributed by atoms with E-state index in [-0.39, 0.29) is 17.5 Å². The van der Waals surface area contributed by atoms with E-state index in [1.807, 2.05) is 4.90 Å². The van der Waals surface area contributed by atoms with Crippen molar-refractivity contribution in [3.8, 4) is 0 Å². The van der Waals surface area contributed by atoms with Crippen LogP contribution in [0.2, 0.25) is 0 Å². The number of anilines is 2. The van der Waals surface area contributed by atoms with Crippen LogP contribution in [0.5, 0.6) is 0 Å². The Morgan fingerprint density at radius 3 is 2.45 bits per heavy atom. The fraction of sp³-hybridized carbons (Fsp3) is 0.333. The molecular weight excluding hydrogens is 372 g/mol. The molecule has 0 radical (unpaired) electrons. The number of carbonyl (C=O) groups excluding carboxylic acids is 2. The SMILES string of the molecule is O=C(CCCNc1ccc([N+](=O)[O-])cc1)Nc1cccc(C(=O)N2CCCC2)c1. The first kappa shape index (κ1) is 20.3. The number of rotatable bonds is 8. The lowest BCUT2D eigenvalue weighted by molar-refractivity contribution is -0.384. The maximum atomic E-state index is 12.5. The van der Waals surface area contributed by atoms with Gasteiger partial charge in [0.15, 0.2) is 0 Å². The molecule has 2 amide bonds. The highest BCUT2D eigenvalue weighted by atomic mass is 16.6. The predicted octanol–water partition coefficient (Wildman–Crippen LogP) is 3.66. The number of amides is 2. The highest BCUT2D eigenvalue weighted by Gasteiger charge is 2.19. The highest BCUT2D eigenvalue weighted by Crippen LogP contribution is 2.17. The molecule has 0 atom stereocenters. The molecule has 1 fully saturated rings. The van der Waals surface area contributed by atoms with Gasteiger partial charge in [0.1, 0.15) is 0 Å². The van der Waals surface area contributed by atoms with Crippen molar-refractivity contribution in [2.75, 3.05) is 30.3 Å². The van der Waals surface area contributed by atoms with Crippen molar-refractivity contribution in [2.24, 2.45) is 0 Å². The predicted molar refractivity (Wildman–Crippen MR) is 111 cm³/mol. The van der Waals surface area contributed by atoms with Gasteiger partial charge < -0.3 is 15.5 Å². The van der Waals surface area contributed by atoms with Crippen molar-refractivity contribution in [3.63, 3.8) is 0 Å². The summed E-state index contributed by atoms with van der Waals surface area (Å²) in [6.07, 6.45) is 3.01. The zero-order valence-electron chi connectivity index (χ0n) is 16.1. The summed E-state index contributed by atoms with van der Waals surface area (Å²) in [5, 5.41) is 16.6. The summed E-state index contributed by atoms with van der Waals surface area (Å²) in [5.74, 6) is -0.118. The van der Waals surface area contributed by atoms with Gasteiger partial charge in [0.2, 0.25) is 5.91 Å². The topological polar surface area (TPSA) is 105 Å². The monoisotopic (exact) mass is 396 g/mol. The largest absolute Gasteiger partial charge is 0.385 e. The number of non-ortho nitro benzene ring substituents is 1. The minimum absolute atomic E-state index is 0.00546. The highest BCUT2D eigenvalue weighted by molar-refractivity contribution is 5.97. The molecular formula is C21H24N4O4. The molecule has 2 N–H and O–H groups in total. The Labute approximate surface area is 169 Å². The van der Waals surface area contributed by atoms with Gasteiger partial charge >= 0.3 is 0 Å². The van der Waals surface area contributed by atoms with Crippen LogP contribution in [0.4, 0.5) is 17.1 Å². The second kappa shape index (κ2) is 9.68. The molecule has 0 aliphatic carbocycles. The van der Waals surface area contributed by atoms with Gasteiger partial charge in [0.05, 0.1) is 4.92 Å². The third-order valence-corrected chi connectivity index (χ3v) is 4.77. The van der Waals surface area contributed by atoms with E-state index >= 15 is 0 Å². The van der Waals surface area contributed by atoms with Crippen molar-refractivity contribution in [3.05, 3.63) is 64.2 Å². The number of hydrogen-bond donors (Lipinski definition) is 2. The number of nitro benzene ring substituents is 1. The minimum Gasteiger partial charge on any atom is -0.385 e. The summed E-state index contributed by atoms with van der Waals surface area (Å²) in [6.45, 7) is 2.15. The number of carbonyl (C=O) groups is 2. The molecule has 8 heteroatoms. The smallest absolute Gasteiger partial charge is 0.269 e. The van der Waals surface area contributed by atoms with Gasteiger partial charge in [-0.3, -0.25) is 19.7 Å². The van der Waals surface area contributed by atoms with Gasteiger partial charge in [-0.05, 0) is 49.6 Å². The lowest BCUT2D eigenvalue weighted by atomic mass is 10.1. The number of nitro groups is 1. The molecule has 29 heavy (non-hydrogen) atoms. The van der Waals surface area contributed by atoms with Crippen molar-refractivity contribution in [1.82, 2.24) is 4.90 Å². The van der Waals surface area contributed by atoms with E-state index in [0.29, 0.717) is 30.6 Å². The second-order valence-electron chi connectivity index (χ2n) is 6.96. The Hall–Kier alpha value is -3.42. The maximum Gasteiger partial charge on any atom is 0.269 e. The first-order valence-corrected chi connectivity index (χ1v) is 9.70. The number of nitrogens with zero attached hydrogens (tertiary/aromatic N) is 2. The van der Waals surface area contributed by atoms with Crippen LogP contribution in [-0.4, -0.2) is 41.3 Å². The van der Waals surface area contributed by atoms with Gasteiger partial charge in [0.25, 0.3) is 11.6 Å². The third kappa shape index (κ3) is 5.78. The third-order valence-electron chi connectivity index (χ3n) is 4.77. The van der Waals surface area contributed by atoms with E-state index in [0.717, 1.165) is 31.6 Å². The lowest BCUT2D eigenvalue weighted by Gasteiger charge is -2.15. The Balaban J connectivity index is 1.43. The van der Waals surface area contributed by atoms with Crippen LogP contribution >= 0.6 is 0 Å². The van der Waals surface area contributed by atoms with Gasteiger partial charge in [-0.2, -0.15) is 0 Å². The van der Waals surface area contributed by atoms with E-state index in [1.54, 1.807) is 36.4 Å². The van der Waals surface area contributed by atoms with E-state index in [4.69, 9.17) is 0 Å². The first-order valence-electron chi connectivity index (χ1n) is 9.70. The molecule has 3 rings (SSSR count). The molecule has 152 valence electrons. The van der Waals surface area contributed by atoms with Crippen LogP contribution in [-0.2, 0) is 4.79 Å². The normalized spacial score (nSPS) is 13.2. The molecule has 2 aromatic rings. The Kier molecular flexibility index (Phi) is 6.78. The molecule has 0 bridgehead atoms. The zero-order chi connectivity index (χ0) is 20.6. The summed E-state index contributed by atoms with van der Waals surface area (Å²) in [6, 6.07) is 13.2. The van der Waals surface area contributed by atoms with Crippen LogP contribution in [0.15, 0.2) is 48.5 Å². The molecule has 1 heterocycles. The fourth-order valence-corrected chi connectivity index (χ4v) is 3.24. The van der Waals surface area contributed by atoms with Gasteiger partial charge in [0, 0.05) is 55.1 Å². The summed E-state index contributed by atoms with van der Waals surface area (Å²) >= 11 is 0. The van der Waals surface area contributed by atoms with Gasteiger partial charge in [-0.25, -0.2) is 0 Å². The van der Waals surface area contributed by atoms with Crippen molar-refractivity contribution >= 4 is 28.9 Å². The van der Waals surface area contributed by atoms with E-state index < -0.39 is 4.92 Å². The average Bonchev–Trinajstić information content (AvgIpc) is 3.26. The molecule has 0 aromatic heterocycles. The fourth-order valence-electron chi connectivity index (χ4n) is 3.24. The van der Waals surface area contributed by atoms with Crippen LogP contribution in [0, 0.1) is 10.1 Å². The van der Waals surface area contributed by atoms with E-state index in [2.05, 4.69) is 10.6 Å². The zero-order valence-corrected chi connectivity index (χ0v) is 16.1. The summed E-state index contributed by atoms with van der Waals surface area (Å²) in [5.41, 5.74) is 2.01. The van der Waals surface area contributed by atoms with Crippen molar-refractivity contribution in [2.45, 2.75) is 25.7 Å². The second-order valence-corrected chi connectivity index (χ2v) is 6.96. The van der Waals surface area contributed by atoms with Crippen LogP contribution in [0.25, 0.3) is 0 Å². The van der Waals surface area contributed by atoms with Crippen LogP contribution in [0.3, 0.4) is 0 Å². The Morgan fingerprint density at radius 1 is 1.03 bits per heavy atom. The minimum atomic E-state index is -0.443. The molecule has 1 saturated heterocycles. The van der Waals surface area contributed by atoms with Crippen LogP contribution < -0.4 is 10.6 Å². The number of likely N-dealkylation sites (tertiary alicyclic amines) is 1. The van der Waals surface area contributed by atoms with E-state index in [1.165, 1.54) is 12.1 Å². The summed E-state index contributed by atoms with van der Waals surface area (Å²) in [7, 11) is 0. The number of benzene rings is 2. The van der Waals surface area contributed by atoms with Crippen molar-refractivity contribution < 1.29 is 14.5 Å². The van der Waals surface area contributed by atoms with E-state index in [9.17, 15) is 19.7 Å². The molecule has 0 saturated carbocycles. The Bertz CT molecular complexity index is 877. The molecule has 2 aromatic carbocycles. The van der Waals surface area contributed by atoms with Gasteiger partial charge in [-0.15, -0.1) is 0 Å². The number of hydrogen-bond acceptors (Lipinski definition) is 5. The standard InChI is InChI=1S/C21H24N4O4/c26-20(7-4-12-22-17-8-10-19(11-9-17)25(28)29)23-18-6-3-5-16(15-18)21(27)24-13-1-2-14-24/h3,5-6,8-11,15,22H,1-2,4,7,12-14H2,(H,23,26). The molecule has 8 nitrogen and oxygen atoms in total. The van der Waals surface area contributed by atoms with Gasteiger partial charge in [-0.1, -0.05) is 6.07 Å². The number of nitrogens with one attached hydrogen (secondary N) is 2. The van der Waals surface area contributed by atoms with Crippen molar-refractivity contribution in [1.29, 1.82) is 0 Å². The van der Waals surface area contributed by atoms with Crippen LogP contribution in [0.1, 0.15) is 36.0 Å². The molecule has 0 unspecified atom stereocenters. The molecule has 0 spiro atoms. The Morgan fingerprint density at radius 2 is 1.76 bits per heavy atom. The first-order chi connectivity index (χ1) is 14.0. The average molecular weight is 396 g/mol. The molecule has 1 aliphatic rings. The summed E-state index contributed by atoms with van der Waals surface area (Å²) < 4.78 is 0.